The van der Waals surface area contributed by atoms with E-state index in [-0.39, 0.29) is 0 Å². The highest BCUT2D eigenvalue weighted by Crippen LogP contribution is 2.34. The van der Waals surface area contributed by atoms with Crippen LogP contribution in [0.3, 0.4) is 0 Å². The number of thioether (sulfide) groups is 1. The lowest BCUT2D eigenvalue weighted by molar-refractivity contribution is 0.114. The summed E-state index contributed by atoms with van der Waals surface area (Å²) in [7, 11) is 2.28. The normalized spacial score (nSPS) is 25.3. The molecule has 1 atom stereocenters. The molecule has 2 nitrogen and oxygen atoms in total. The van der Waals surface area contributed by atoms with Gasteiger partial charge in [0.05, 0.1) is 6.10 Å². The molecule has 0 saturated carbocycles. The average Bonchev–Trinajstić information content (AvgIpc) is 3.10. The zero-order valence-corrected chi connectivity index (χ0v) is 13.3. The molecule has 0 aliphatic carbocycles. The largest absolute Gasteiger partial charge is 0.373 e. The maximum absolute atomic E-state index is 5.77. The fourth-order valence-corrected chi connectivity index (χ4v) is 5.20. The lowest BCUT2D eigenvalue weighted by atomic mass is 10.1. The van der Waals surface area contributed by atoms with Crippen LogP contribution in [-0.4, -0.2) is 36.1 Å². The molecule has 2 aliphatic heterocycles. The lowest BCUT2D eigenvalue weighted by Crippen LogP contribution is -2.33. The molecule has 0 aromatic carbocycles. The Morgan fingerprint density at radius 2 is 2.11 bits per heavy atom. The molecule has 1 aromatic heterocycles. The van der Waals surface area contributed by atoms with Crippen LogP contribution in [0.5, 0.6) is 0 Å². The van der Waals surface area contributed by atoms with Crippen molar-refractivity contribution < 1.29 is 4.74 Å². The number of hydrogen-bond acceptors (Lipinski definition) is 4. The number of ether oxygens (including phenoxy) is 1. The quantitative estimate of drug-likeness (QED) is 0.835. The standard InChI is InChI=1S/C15H23NOS2/c1-16(12-6-9-18-10-7-12)11-13-4-5-15(19-13)14-3-2-8-17-14/h4-5,12,14H,2-3,6-11H2,1H3/t14-/m1/s1. The molecule has 4 heteroatoms. The zero-order chi connectivity index (χ0) is 13.1. The molecule has 2 fully saturated rings. The van der Waals surface area contributed by atoms with Gasteiger partial charge in [0.25, 0.3) is 0 Å². The smallest absolute Gasteiger partial charge is 0.0917 e. The molecule has 0 amide bonds. The van der Waals surface area contributed by atoms with Crippen molar-refractivity contribution in [1.82, 2.24) is 4.90 Å². The van der Waals surface area contributed by atoms with Crippen LogP contribution in [0.2, 0.25) is 0 Å². The molecule has 3 rings (SSSR count). The second-order valence-electron chi connectivity index (χ2n) is 5.56. The topological polar surface area (TPSA) is 12.5 Å². The van der Waals surface area contributed by atoms with E-state index in [1.807, 2.05) is 11.3 Å². The third-order valence-electron chi connectivity index (χ3n) is 4.15. The van der Waals surface area contributed by atoms with Gasteiger partial charge in [0, 0.05) is 28.9 Å². The van der Waals surface area contributed by atoms with Gasteiger partial charge in [-0.15, -0.1) is 11.3 Å². The van der Waals surface area contributed by atoms with Crippen molar-refractivity contribution in [2.45, 2.75) is 44.4 Å². The van der Waals surface area contributed by atoms with Crippen LogP contribution in [-0.2, 0) is 11.3 Å². The number of rotatable bonds is 4. The molecule has 3 heterocycles. The molecule has 1 aromatic rings. The number of nitrogens with zero attached hydrogens (tertiary/aromatic N) is 1. The van der Waals surface area contributed by atoms with Gasteiger partial charge in [0.1, 0.15) is 0 Å². The van der Waals surface area contributed by atoms with Crippen LogP contribution in [0, 0.1) is 0 Å². The Morgan fingerprint density at radius 1 is 1.26 bits per heavy atom. The Bertz CT molecular complexity index is 395. The summed E-state index contributed by atoms with van der Waals surface area (Å²) < 4.78 is 5.77. The van der Waals surface area contributed by atoms with Gasteiger partial charge < -0.3 is 4.74 Å². The third kappa shape index (κ3) is 3.54. The van der Waals surface area contributed by atoms with Gasteiger partial charge in [-0.3, -0.25) is 4.90 Å². The molecule has 0 unspecified atom stereocenters. The first-order chi connectivity index (χ1) is 9.33. The Labute approximate surface area is 124 Å². The van der Waals surface area contributed by atoms with Gasteiger partial charge in [0.15, 0.2) is 0 Å². The molecular weight excluding hydrogens is 274 g/mol. The van der Waals surface area contributed by atoms with E-state index in [1.54, 1.807) is 0 Å². The predicted molar refractivity (Wildman–Crippen MR) is 84.1 cm³/mol. The molecular formula is C15H23NOS2. The molecule has 2 saturated heterocycles. The van der Waals surface area contributed by atoms with Gasteiger partial charge in [-0.1, -0.05) is 0 Å². The number of thiophene rings is 1. The van der Waals surface area contributed by atoms with E-state index in [9.17, 15) is 0 Å². The Kier molecular flexibility index (Phi) is 4.85. The maximum Gasteiger partial charge on any atom is 0.0917 e. The summed E-state index contributed by atoms with van der Waals surface area (Å²) in [6.07, 6.45) is 5.51. The van der Waals surface area contributed by atoms with E-state index in [4.69, 9.17) is 4.74 Å². The zero-order valence-electron chi connectivity index (χ0n) is 11.6. The minimum Gasteiger partial charge on any atom is -0.373 e. The molecule has 2 aliphatic rings. The second kappa shape index (κ2) is 6.61. The van der Waals surface area contributed by atoms with Crippen molar-refractivity contribution in [1.29, 1.82) is 0 Å². The van der Waals surface area contributed by atoms with Gasteiger partial charge in [-0.25, -0.2) is 0 Å². The lowest BCUT2D eigenvalue weighted by Gasteiger charge is -2.30. The van der Waals surface area contributed by atoms with Crippen molar-refractivity contribution >= 4 is 23.1 Å². The van der Waals surface area contributed by atoms with Crippen molar-refractivity contribution in [2.75, 3.05) is 25.2 Å². The second-order valence-corrected chi connectivity index (χ2v) is 7.99. The molecule has 0 spiro atoms. The molecule has 106 valence electrons. The van der Waals surface area contributed by atoms with Gasteiger partial charge in [0.2, 0.25) is 0 Å². The monoisotopic (exact) mass is 297 g/mol. The van der Waals surface area contributed by atoms with Crippen molar-refractivity contribution in [3.8, 4) is 0 Å². The fourth-order valence-electron chi connectivity index (χ4n) is 2.96. The maximum atomic E-state index is 5.77. The molecule has 0 bridgehead atoms. The summed E-state index contributed by atoms with van der Waals surface area (Å²) in [4.78, 5) is 5.47. The van der Waals surface area contributed by atoms with Crippen molar-refractivity contribution in [3.63, 3.8) is 0 Å². The average molecular weight is 297 g/mol. The third-order valence-corrected chi connectivity index (χ3v) is 6.36. The summed E-state index contributed by atoms with van der Waals surface area (Å²) in [5.41, 5.74) is 0. The molecule has 0 N–H and O–H groups in total. The first kappa shape index (κ1) is 13.9. The van der Waals surface area contributed by atoms with Crippen LogP contribution >= 0.6 is 23.1 Å². The fraction of sp³-hybridized carbons (Fsp3) is 0.733. The van der Waals surface area contributed by atoms with E-state index in [2.05, 4.69) is 35.8 Å². The Hall–Kier alpha value is -0.0300. The van der Waals surface area contributed by atoms with Crippen LogP contribution in [0.1, 0.15) is 41.5 Å². The van der Waals surface area contributed by atoms with Gasteiger partial charge in [-0.05, 0) is 56.4 Å². The predicted octanol–water partition coefficient (Wildman–Crippen LogP) is 3.93. The van der Waals surface area contributed by atoms with Gasteiger partial charge in [-0.2, -0.15) is 11.8 Å². The van der Waals surface area contributed by atoms with Crippen LogP contribution in [0.4, 0.5) is 0 Å². The SMILES string of the molecule is CN(Cc1ccc([C@H]2CCCO2)s1)C1CCSCC1. The van der Waals surface area contributed by atoms with Crippen molar-refractivity contribution in [3.05, 3.63) is 21.9 Å². The first-order valence-electron chi connectivity index (χ1n) is 7.31. The van der Waals surface area contributed by atoms with E-state index < -0.39 is 0 Å². The van der Waals surface area contributed by atoms with Gasteiger partial charge >= 0.3 is 0 Å². The highest BCUT2D eigenvalue weighted by molar-refractivity contribution is 7.99. The minimum atomic E-state index is 0.384. The van der Waals surface area contributed by atoms with E-state index in [1.165, 1.54) is 46.9 Å². The Balaban J connectivity index is 1.56. The van der Waals surface area contributed by atoms with Crippen molar-refractivity contribution in [2.24, 2.45) is 0 Å². The van der Waals surface area contributed by atoms with E-state index in [0.29, 0.717) is 6.10 Å². The van der Waals surface area contributed by atoms with Crippen LogP contribution in [0.15, 0.2) is 12.1 Å². The summed E-state index contributed by atoms with van der Waals surface area (Å²) in [6, 6.07) is 5.37. The van der Waals surface area contributed by atoms with E-state index >= 15 is 0 Å². The minimum absolute atomic E-state index is 0.384. The Morgan fingerprint density at radius 3 is 2.84 bits per heavy atom. The first-order valence-corrected chi connectivity index (χ1v) is 9.28. The summed E-state index contributed by atoms with van der Waals surface area (Å²) in [5.74, 6) is 2.67. The summed E-state index contributed by atoms with van der Waals surface area (Å²) in [5, 5.41) is 0. The number of hydrogen-bond donors (Lipinski definition) is 0. The molecule has 0 radical (unpaired) electrons. The summed E-state index contributed by atoms with van der Waals surface area (Å²) >= 11 is 4.05. The van der Waals surface area contributed by atoms with Crippen LogP contribution < -0.4 is 0 Å². The highest BCUT2D eigenvalue weighted by atomic mass is 32.2. The molecule has 19 heavy (non-hydrogen) atoms. The summed E-state index contributed by atoms with van der Waals surface area (Å²) in [6.45, 7) is 2.05. The highest BCUT2D eigenvalue weighted by Gasteiger charge is 2.21. The van der Waals surface area contributed by atoms with E-state index in [0.717, 1.165) is 19.2 Å². The van der Waals surface area contributed by atoms with Crippen LogP contribution in [0.25, 0.3) is 0 Å².